The third-order valence-electron chi connectivity index (χ3n) is 3.57. The number of benzene rings is 2. The Morgan fingerprint density at radius 2 is 1.92 bits per heavy atom. The number of hydrogen-bond donors (Lipinski definition) is 1. The third-order valence-corrected chi connectivity index (χ3v) is 4.11. The van der Waals surface area contributed by atoms with Gasteiger partial charge in [0.25, 0.3) is 0 Å². The topological polar surface area (TPSA) is 77.0 Å². The fraction of sp³-hybridized carbons (Fsp3) is 0.167. The summed E-state index contributed by atoms with van der Waals surface area (Å²) >= 11 is 12.0. The molecule has 0 saturated carbocycles. The Bertz CT molecular complexity index is 881. The van der Waals surface area contributed by atoms with Crippen molar-refractivity contribution in [2.45, 2.75) is 19.4 Å². The quantitative estimate of drug-likeness (QED) is 0.628. The Labute approximate surface area is 159 Å². The summed E-state index contributed by atoms with van der Waals surface area (Å²) in [5, 5.41) is 7.50. The van der Waals surface area contributed by atoms with Crippen LogP contribution in [0, 0.1) is 0 Å². The molecule has 0 spiro atoms. The number of nitrogens with one attached hydrogen (secondary N) is 1. The highest BCUT2D eigenvalue weighted by molar-refractivity contribution is 6.37. The lowest BCUT2D eigenvalue weighted by molar-refractivity contribution is -0.145. The molecule has 6 nitrogen and oxygen atoms in total. The van der Waals surface area contributed by atoms with E-state index in [1.165, 1.54) is 6.92 Å². The maximum Gasteiger partial charge on any atom is 0.356 e. The van der Waals surface area contributed by atoms with E-state index >= 15 is 0 Å². The summed E-state index contributed by atoms with van der Waals surface area (Å²) in [6.07, 6.45) is -0.615. The molecule has 1 N–H and O–H groups in total. The minimum atomic E-state index is -0.855. The lowest BCUT2D eigenvalue weighted by Crippen LogP contribution is -2.26. The maximum atomic E-state index is 12.2. The molecule has 0 aromatic heterocycles. The Morgan fingerprint density at radius 1 is 1.19 bits per heavy atom. The summed E-state index contributed by atoms with van der Waals surface area (Å²) in [6.45, 7) is 1.41. The van der Waals surface area contributed by atoms with Gasteiger partial charge in [0.05, 0.1) is 10.7 Å². The van der Waals surface area contributed by atoms with Gasteiger partial charge in [-0.2, -0.15) is 0 Å². The molecule has 1 aliphatic heterocycles. The van der Waals surface area contributed by atoms with Gasteiger partial charge in [0.1, 0.15) is 5.75 Å². The monoisotopic (exact) mass is 392 g/mol. The van der Waals surface area contributed by atoms with E-state index in [-0.39, 0.29) is 12.3 Å². The van der Waals surface area contributed by atoms with Crippen LogP contribution in [0.3, 0.4) is 0 Å². The highest BCUT2D eigenvalue weighted by Crippen LogP contribution is 2.26. The third kappa shape index (κ3) is 4.33. The summed E-state index contributed by atoms with van der Waals surface area (Å²) in [5.74, 6) is -0.411. The van der Waals surface area contributed by atoms with Crippen LogP contribution in [0.4, 0.5) is 5.69 Å². The van der Waals surface area contributed by atoms with Gasteiger partial charge in [0, 0.05) is 29.6 Å². The minimum Gasteiger partial charge on any atom is -0.424 e. The van der Waals surface area contributed by atoms with Crippen molar-refractivity contribution in [1.29, 1.82) is 0 Å². The molecule has 8 heteroatoms. The van der Waals surface area contributed by atoms with Crippen molar-refractivity contribution in [2.75, 3.05) is 5.32 Å². The largest absolute Gasteiger partial charge is 0.424 e. The van der Waals surface area contributed by atoms with Gasteiger partial charge in [0.15, 0.2) is 0 Å². The number of hydrogen-bond acceptors (Lipinski definition) is 5. The number of amides is 1. The van der Waals surface area contributed by atoms with Crippen LogP contribution in [0.2, 0.25) is 10.0 Å². The zero-order valence-corrected chi connectivity index (χ0v) is 15.2. The number of carbonyl (C=O) groups excluding carboxylic acids is 2. The van der Waals surface area contributed by atoms with Gasteiger partial charge in [-0.3, -0.25) is 4.79 Å². The number of rotatable bonds is 4. The van der Waals surface area contributed by atoms with Crippen molar-refractivity contribution in [1.82, 2.24) is 0 Å². The summed E-state index contributed by atoms with van der Waals surface area (Å²) in [5.41, 5.74) is 1.82. The van der Waals surface area contributed by atoms with Gasteiger partial charge in [-0.05, 0) is 36.4 Å². The van der Waals surface area contributed by atoms with Crippen molar-refractivity contribution in [3.8, 4) is 5.75 Å². The van der Waals surface area contributed by atoms with Crippen LogP contribution in [0.15, 0.2) is 47.6 Å². The highest BCUT2D eigenvalue weighted by Gasteiger charge is 2.31. The number of halogens is 2. The van der Waals surface area contributed by atoms with Gasteiger partial charge < -0.3 is 14.9 Å². The second kappa shape index (κ2) is 7.76. The number of esters is 1. The molecular formula is C18H14Cl2N2O4. The van der Waals surface area contributed by atoms with Crippen molar-refractivity contribution in [2.24, 2.45) is 5.16 Å². The van der Waals surface area contributed by atoms with Crippen LogP contribution in [-0.2, 0) is 14.4 Å². The molecular weight excluding hydrogens is 379 g/mol. The zero-order valence-electron chi connectivity index (χ0n) is 13.7. The molecule has 1 atom stereocenters. The van der Waals surface area contributed by atoms with E-state index < -0.39 is 12.1 Å². The second-order valence-corrected chi connectivity index (χ2v) is 6.43. The van der Waals surface area contributed by atoms with E-state index in [4.69, 9.17) is 32.8 Å². The van der Waals surface area contributed by atoms with Crippen LogP contribution in [0.25, 0.3) is 0 Å². The average molecular weight is 393 g/mol. The Hall–Kier alpha value is -2.57. The smallest absolute Gasteiger partial charge is 0.356 e. The standard InChI is InChI=1S/C18H14Cl2N2O4/c1-10(23)21-12-3-5-13(6-4-12)25-18(24)17-9-16(22-26-17)14-7-2-11(19)8-15(14)20/h2-8,17H,9H2,1H3,(H,21,23)/t17-/m0/s1. The molecule has 0 bridgehead atoms. The van der Waals surface area contributed by atoms with Crippen molar-refractivity contribution in [3.63, 3.8) is 0 Å². The molecule has 2 aromatic rings. The Balaban J connectivity index is 1.61. The SMILES string of the molecule is CC(=O)Nc1ccc(OC(=O)[C@@H]2CC(c3ccc(Cl)cc3Cl)=NO2)cc1. The van der Waals surface area contributed by atoms with Crippen molar-refractivity contribution in [3.05, 3.63) is 58.1 Å². The molecule has 2 aromatic carbocycles. The average Bonchev–Trinajstić information content (AvgIpc) is 3.06. The van der Waals surface area contributed by atoms with Crippen LogP contribution in [-0.4, -0.2) is 23.7 Å². The van der Waals surface area contributed by atoms with E-state index in [2.05, 4.69) is 10.5 Å². The van der Waals surface area contributed by atoms with Gasteiger partial charge in [-0.1, -0.05) is 34.4 Å². The van der Waals surface area contributed by atoms with Gasteiger partial charge in [-0.25, -0.2) is 4.79 Å². The number of oxime groups is 1. The first-order valence-corrected chi connectivity index (χ1v) is 8.45. The molecule has 0 aliphatic carbocycles. The van der Waals surface area contributed by atoms with E-state index in [9.17, 15) is 9.59 Å². The first kappa shape index (κ1) is 18.2. The predicted octanol–water partition coefficient (Wildman–Crippen LogP) is 4.05. The van der Waals surface area contributed by atoms with Crippen LogP contribution in [0.1, 0.15) is 18.9 Å². The fourth-order valence-corrected chi connectivity index (χ4v) is 2.90. The highest BCUT2D eigenvalue weighted by atomic mass is 35.5. The molecule has 0 unspecified atom stereocenters. The van der Waals surface area contributed by atoms with Crippen LogP contribution in [0.5, 0.6) is 5.75 Å². The van der Waals surface area contributed by atoms with Gasteiger partial charge in [-0.15, -0.1) is 0 Å². The lowest BCUT2D eigenvalue weighted by atomic mass is 10.1. The number of ether oxygens (including phenoxy) is 1. The van der Waals surface area contributed by atoms with E-state index in [0.29, 0.717) is 32.8 Å². The van der Waals surface area contributed by atoms with Gasteiger partial charge in [0.2, 0.25) is 12.0 Å². The first-order chi connectivity index (χ1) is 12.4. The normalized spacial score (nSPS) is 15.8. The first-order valence-electron chi connectivity index (χ1n) is 7.70. The van der Waals surface area contributed by atoms with E-state index in [1.54, 1.807) is 42.5 Å². The zero-order chi connectivity index (χ0) is 18.7. The summed E-state index contributed by atoms with van der Waals surface area (Å²) in [6, 6.07) is 11.4. The van der Waals surface area contributed by atoms with Crippen molar-refractivity contribution < 1.29 is 19.2 Å². The Morgan fingerprint density at radius 3 is 2.58 bits per heavy atom. The summed E-state index contributed by atoms with van der Waals surface area (Å²) < 4.78 is 5.29. The molecule has 1 amide bonds. The van der Waals surface area contributed by atoms with Crippen LogP contribution >= 0.6 is 23.2 Å². The maximum absolute atomic E-state index is 12.2. The van der Waals surface area contributed by atoms with Crippen molar-refractivity contribution >= 4 is 46.5 Å². The molecule has 0 saturated heterocycles. The number of nitrogens with zero attached hydrogens (tertiary/aromatic N) is 1. The fourth-order valence-electron chi connectivity index (χ4n) is 2.38. The van der Waals surface area contributed by atoms with E-state index in [0.717, 1.165) is 0 Å². The summed E-state index contributed by atoms with van der Waals surface area (Å²) in [7, 11) is 0. The molecule has 1 heterocycles. The molecule has 134 valence electrons. The van der Waals surface area contributed by atoms with E-state index in [1.807, 2.05) is 0 Å². The molecule has 0 radical (unpaired) electrons. The summed E-state index contributed by atoms with van der Waals surface area (Å²) in [4.78, 5) is 28.4. The lowest BCUT2D eigenvalue weighted by Gasteiger charge is -2.09. The molecule has 3 rings (SSSR count). The second-order valence-electron chi connectivity index (χ2n) is 5.59. The number of anilines is 1. The van der Waals surface area contributed by atoms with Crippen LogP contribution < -0.4 is 10.1 Å². The number of carbonyl (C=O) groups is 2. The van der Waals surface area contributed by atoms with Gasteiger partial charge >= 0.3 is 5.97 Å². The molecule has 1 aliphatic rings. The Kier molecular flexibility index (Phi) is 5.44. The minimum absolute atomic E-state index is 0.181. The molecule has 0 fully saturated rings. The molecule has 26 heavy (non-hydrogen) atoms. The predicted molar refractivity (Wildman–Crippen MR) is 98.9 cm³/mol.